The molecule has 37 heavy (non-hydrogen) atoms. The SMILES string of the molecule is CCN(Cc1ccccc1)C(=O)c1cc2c(s1)C(O)C(C(=O)NO)N(S(=O)(=O)c1ccc(OC)cc1)C2. The molecule has 2 amide bonds. The van der Waals surface area contributed by atoms with Crippen molar-refractivity contribution in [1.29, 1.82) is 0 Å². The molecule has 0 spiro atoms. The van der Waals surface area contributed by atoms with Gasteiger partial charge in [0.15, 0.2) is 0 Å². The highest BCUT2D eigenvalue weighted by Gasteiger charge is 2.46. The summed E-state index contributed by atoms with van der Waals surface area (Å²) in [6.45, 7) is 2.41. The lowest BCUT2D eigenvalue weighted by molar-refractivity contribution is -0.137. The summed E-state index contributed by atoms with van der Waals surface area (Å²) in [7, 11) is -2.84. The van der Waals surface area contributed by atoms with Crippen molar-refractivity contribution in [3.63, 3.8) is 0 Å². The minimum Gasteiger partial charge on any atom is -0.497 e. The van der Waals surface area contributed by atoms with Gasteiger partial charge in [0.2, 0.25) is 10.0 Å². The fraction of sp³-hybridized carbons (Fsp3) is 0.280. The second-order valence-electron chi connectivity index (χ2n) is 8.40. The number of rotatable bonds is 8. The van der Waals surface area contributed by atoms with E-state index in [1.54, 1.807) is 11.0 Å². The maximum absolute atomic E-state index is 13.5. The van der Waals surface area contributed by atoms with Crippen LogP contribution in [-0.4, -0.2) is 59.4 Å². The smallest absolute Gasteiger partial charge is 0.264 e. The number of carbonyl (C=O) groups excluding carboxylic acids is 2. The molecule has 12 heteroatoms. The number of sulfonamides is 1. The van der Waals surface area contributed by atoms with Crippen LogP contribution < -0.4 is 10.2 Å². The van der Waals surface area contributed by atoms with Crippen molar-refractivity contribution in [3.8, 4) is 5.75 Å². The lowest BCUT2D eigenvalue weighted by Crippen LogP contribution is -2.53. The van der Waals surface area contributed by atoms with Gasteiger partial charge < -0.3 is 14.7 Å². The van der Waals surface area contributed by atoms with Crippen LogP contribution in [0.5, 0.6) is 5.75 Å². The number of hydrogen-bond donors (Lipinski definition) is 3. The molecule has 0 bridgehead atoms. The van der Waals surface area contributed by atoms with Gasteiger partial charge in [-0.15, -0.1) is 11.3 Å². The van der Waals surface area contributed by atoms with Crippen molar-refractivity contribution >= 4 is 33.2 Å². The zero-order valence-corrected chi connectivity index (χ0v) is 21.8. The third-order valence-electron chi connectivity index (χ3n) is 6.19. The highest BCUT2D eigenvalue weighted by atomic mass is 32.2. The summed E-state index contributed by atoms with van der Waals surface area (Å²) in [5, 5.41) is 20.4. The van der Waals surface area contributed by atoms with Gasteiger partial charge in [-0.25, -0.2) is 13.9 Å². The van der Waals surface area contributed by atoms with E-state index in [-0.39, 0.29) is 17.3 Å². The topological polar surface area (TPSA) is 136 Å². The van der Waals surface area contributed by atoms with E-state index < -0.39 is 28.1 Å². The van der Waals surface area contributed by atoms with Crippen LogP contribution in [0.15, 0.2) is 65.6 Å². The molecule has 2 atom stereocenters. The summed E-state index contributed by atoms with van der Waals surface area (Å²) in [5.41, 5.74) is 2.82. The number of hydroxylamine groups is 1. The fourth-order valence-electron chi connectivity index (χ4n) is 4.23. The first kappa shape index (κ1) is 26.8. The Kier molecular flexibility index (Phi) is 7.95. The number of methoxy groups -OCH3 is 1. The predicted molar refractivity (Wildman–Crippen MR) is 136 cm³/mol. The molecular weight excluding hydrogens is 518 g/mol. The first-order chi connectivity index (χ1) is 17.7. The standard InChI is InChI=1S/C25H27N3O7S2/c1-3-27(14-16-7-5-4-6-8-16)25(31)20-13-17-15-28(21(24(30)26-32)22(29)23(17)36-20)37(33,34)19-11-9-18(35-2)10-12-19/h4-13,21-22,29,32H,3,14-15H2,1-2H3,(H,26,30). The van der Waals surface area contributed by atoms with E-state index in [1.165, 1.54) is 36.9 Å². The Labute approximate surface area is 218 Å². The third kappa shape index (κ3) is 5.24. The molecule has 1 aliphatic rings. The van der Waals surface area contributed by atoms with Crippen LogP contribution in [0.1, 0.15) is 38.7 Å². The van der Waals surface area contributed by atoms with Crippen molar-refractivity contribution < 1.29 is 33.1 Å². The molecule has 10 nitrogen and oxygen atoms in total. The summed E-state index contributed by atoms with van der Waals surface area (Å²) in [5.74, 6) is -0.914. The van der Waals surface area contributed by atoms with Crippen LogP contribution in [0.3, 0.4) is 0 Å². The second-order valence-corrected chi connectivity index (χ2v) is 11.4. The molecule has 0 radical (unpaired) electrons. The Balaban J connectivity index is 1.69. The monoisotopic (exact) mass is 545 g/mol. The van der Waals surface area contributed by atoms with Crippen LogP contribution >= 0.6 is 11.3 Å². The van der Waals surface area contributed by atoms with E-state index in [0.717, 1.165) is 21.2 Å². The Morgan fingerprint density at radius 2 is 1.84 bits per heavy atom. The predicted octanol–water partition coefficient (Wildman–Crippen LogP) is 2.53. The van der Waals surface area contributed by atoms with Gasteiger partial charge in [-0.1, -0.05) is 30.3 Å². The Hall–Kier alpha value is -3.29. The van der Waals surface area contributed by atoms with Gasteiger partial charge in [0.1, 0.15) is 17.9 Å². The van der Waals surface area contributed by atoms with Crippen LogP contribution in [0.2, 0.25) is 0 Å². The van der Waals surface area contributed by atoms with Gasteiger partial charge >= 0.3 is 0 Å². The molecule has 3 N–H and O–H groups in total. The lowest BCUT2D eigenvalue weighted by Gasteiger charge is -2.36. The first-order valence-electron chi connectivity index (χ1n) is 11.4. The van der Waals surface area contributed by atoms with Gasteiger partial charge in [0, 0.05) is 24.5 Å². The number of fused-ring (bicyclic) bond motifs is 1. The highest BCUT2D eigenvalue weighted by Crippen LogP contribution is 2.40. The Morgan fingerprint density at radius 3 is 2.43 bits per heavy atom. The van der Waals surface area contributed by atoms with Gasteiger partial charge in [0.25, 0.3) is 11.8 Å². The average Bonchev–Trinajstić information content (AvgIpc) is 3.36. The van der Waals surface area contributed by atoms with Crippen molar-refractivity contribution in [1.82, 2.24) is 14.7 Å². The number of hydrogen-bond acceptors (Lipinski definition) is 8. The number of nitrogens with zero attached hydrogens (tertiary/aromatic N) is 2. The van der Waals surface area contributed by atoms with E-state index in [9.17, 15) is 28.3 Å². The second kappa shape index (κ2) is 11.0. The van der Waals surface area contributed by atoms with Gasteiger partial charge in [-0.05, 0) is 48.4 Å². The van der Waals surface area contributed by atoms with Gasteiger partial charge in [0.05, 0.1) is 16.9 Å². The van der Waals surface area contributed by atoms with Crippen molar-refractivity contribution in [3.05, 3.63) is 81.5 Å². The fourth-order valence-corrected chi connectivity index (χ4v) is 6.96. The molecule has 1 aliphatic heterocycles. The number of aliphatic hydroxyl groups excluding tert-OH is 1. The normalized spacial score (nSPS) is 17.6. The molecule has 1 aromatic heterocycles. The zero-order valence-electron chi connectivity index (χ0n) is 20.2. The van der Waals surface area contributed by atoms with E-state index >= 15 is 0 Å². The minimum atomic E-state index is -4.28. The molecular formula is C25H27N3O7S2. The molecule has 2 aromatic carbocycles. The number of carbonyl (C=O) groups is 2. The first-order valence-corrected chi connectivity index (χ1v) is 13.7. The number of aliphatic hydroxyl groups is 1. The van der Waals surface area contributed by atoms with Crippen LogP contribution in [0.25, 0.3) is 0 Å². The molecule has 0 fully saturated rings. The summed E-state index contributed by atoms with van der Waals surface area (Å²) in [4.78, 5) is 28.0. The van der Waals surface area contributed by atoms with Gasteiger partial charge in [-0.3, -0.25) is 14.8 Å². The van der Waals surface area contributed by atoms with Gasteiger partial charge in [-0.2, -0.15) is 4.31 Å². The highest BCUT2D eigenvalue weighted by molar-refractivity contribution is 7.89. The number of benzene rings is 2. The average molecular weight is 546 g/mol. The quantitative estimate of drug-likeness (QED) is 0.292. The summed E-state index contributed by atoms with van der Waals surface area (Å²) in [6.07, 6.45) is -1.60. The molecule has 0 saturated carbocycles. The maximum atomic E-state index is 13.5. The van der Waals surface area contributed by atoms with E-state index in [2.05, 4.69) is 0 Å². The van der Waals surface area contributed by atoms with Crippen LogP contribution in [-0.2, 0) is 27.9 Å². The van der Waals surface area contributed by atoms with Crippen molar-refractivity contribution in [2.45, 2.75) is 37.1 Å². The zero-order chi connectivity index (χ0) is 26.7. The molecule has 196 valence electrons. The largest absolute Gasteiger partial charge is 0.497 e. The summed E-state index contributed by atoms with van der Waals surface area (Å²) in [6, 6.07) is 15.0. The number of ether oxygens (including phenoxy) is 1. The molecule has 0 saturated heterocycles. The van der Waals surface area contributed by atoms with Crippen LogP contribution in [0, 0.1) is 0 Å². The Morgan fingerprint density at radius 1 is 1.16 bits per heavy atom. The van der Waals surface area contributed by atoms with Crippen LogP contribution in [0.4, 0.5) is 0 Å². The maximum Gasteiger partial charge on any atom is 0.264 e. The van der Waals surface area contributed by atoms with E-state index in [0.29, 0.717) is 34.2 Å². The molecule has 4 rings (SSSR count). The molecule has 2 heterocycles. The van der Waals surface area contributed by atoms with E-state index in [4.69, 9.17) is 4.74 Å². The van der Waals surface area contributed by atoms with E-state index in [1.807, 2.05) is 37.3 Å². The Bertz CT molecular complexity index is 1380. The van der Waals surface area contributed by atoms with Crippen molar-refractivity contribution in [2.24, 2.45) is 0 Å². The third-order valence-corrected chi connectivity index (χ3v) is 9.26. The number of nitrogens with one attached hydrogen (secondary N) is 1. The molecule has 3 aromatic rings. The number of amides is 2. The summed E-state index contributed by atoms with van der Waals surface area (Å²) < 4.78 is 32.9. The van der Waals surface area contributed by atoms with Crippen molar-refractivity contribution in [2.75, 3.05) is 13.7 Å². The number of thiophene rings is 1. The summed E-state index contributed by atoms with van der Waals surface area (Å²) >= 11 is 1.01. The minimum absolute atomic E-state index is 0.119. The molecule has 0 aliphatic carbocycles. The lowest BCUT2D eigenvalue weighted by atomic mass is 10.0. The molecule has 2 unspecified atom stereocenters.